The summed E-state index contributed by atoms with van der Waals surface area (Å²) in [5.74, 6) is 1.16. The Morgan fingerprint density at radius 1 is 1.30 bits per heavy atom. The zero-order valence-corrected chi connectivity index (χ0v) is 12.6. The van der Waals surface area contributed by atoms with Crippen LogP contribution in [0.1, 0.15) is 5.56 Å². The van der Waals surface area contributed by atoms with Gasteiger partial charge in [0.05, 0.1) is 13.2 Å². The minimum atomic E-state index is -0.269. The van der Waals surface area contributed by atoms with Gasteiger partial charge in [-0.2, -0.15) is 5.26 Å². The van der Waals surface area contributed by atoms with E-state index in [1.165, 1.54) is 6.20 Å². The summed E-state index contributed by atoms with van der Waals surface area (Å²) >= 11 is 0. The molecule has 2 heterocycles. The summed E-state index contributed by atoms with van der Waals surface area (Å²) in [4.78, 5) is 13.9. The Labute approximate surface area is 134 Å². The predicted octanol–water partition coefficient (Wildman–Crippen LogP) is 0.771. The standard InChI is InChI=1S/C16H17N3O4/c17-8-13(16(20)19-3-5-21-6-4-19)10-18-9-12-1-2-14-15(7-12)23-11-22-14/h1-2,7,10,18H,3-6,9,11H2/b13-10-. The molecule has 7 nitrogen and oxygen atoms in total. The molecule has 0 saturated carbocycles. The molecule has 1 fully saturated rings. The lowest BCUT2D eigenvalue weighted by Crippen LogP contribution is -2.41. The molecule has 1 N–H and O–H groups in total. The van der Waals surface area contributed by atoms with Crippen LogP contribution in [0, 0.1) is 11.3 Å². The zero-order valence-electron chi connectivity index (χ0n) is 12.6. The van der Waals surface area contributed by atoms with Crippen LogP contribution in [-0.2, 0) is 16.1 Å². The molecule has 2 aliphatic heterocycles. The Morgan fingerprint density at radius 3 is 2.87 bits per heavy atom. The summed E-state index contributed by atoms with van der Waals surface area (Å²) in [6.45, 7) is 2.77. The van der Waals surface area contributed by atoms with E-state index in [0.29, 0.717) is 38.6 Å². The molecule has 2 aliphatic rings. The maximum atomic E-state index is 12.2. The first-order valence-electron chi connectivity index (χ1n) is 7.37. The number of nitrogens with zero attached hydrogens (tertiary/aromatic N) is 2. The SMILES string of the molecule is N#C/C(=C/NCc1ccc2c(c1)OCO2)C(=O)N1CCOCC1. The first kappa shape index (κ1) is 15.2. The van der Waals surface area contributed by atoms with Gasteiger partial charge >= 0.3 is 0 Å². The lowest BCUT2D eigenvalue weighted by Gasteiger charge is -2.26. The molecule has 0 bridgehead atoms. The van der Waals surface area contributed by atoms with E-state index < -0.39 is 0 Å². The van der Waals surface area contributed by atoms with E-state index in [-0.39, 0.29) is 18.3 Å². The van der Waals surface area contributed by atoms with Gasteiger partial charge in [0, 0.05) is 25.8 Å². The van der Waals surface area contributed by atoms with E-state index in [1.54, 1.807) is 4.90 Å². The van der Waals surface area contributed by atoms with Crippen molar-refractivity contribution in [2.75, 3.05) is 33.1 Å². The topological polar surface area (TPSA) is 83.8 Å². The lowest BCUT2D eigenvalue weighted by molar-refractivity contribution is -0.130. The molecule has 7 heteroatoms. The number of carbonyl (C=O) groups excluding carboxylic acids is 1. The number of nitriles is 1. The van der Waals surface area contributed by atoms with Gasteiger partial charge < -0.3 is 24.4 Å². The monoisotopic (exact) mass is 315 g/mol. The quantitative estimate of drug-likeness (QED) is 0.653. The highest BCUT2D eigenvalue weighted by Crippen LogP contribution is 2.32. The molecule has 0 atom stereocenters. The number of amides is 1. The minimum absolute atomic E-state index is 0.0904. The molecule has 0 aromatic heterocycles. The van der Waals surface area contributed by atoms with Crippen molar-refractivity contribution in [3.63, 3.8) is 0 Å². The molecular weight excluding hydrogens is 298 g/mol. The highest BCUT2D eigenvalue weighted by Gasteiger charge is 2.20. The fourth-order valence-electron chi connectivity index (χ4n) is 2.40. The molecule has 1 saturated heterocycles. The second kappa shape index (κ2) is 7.03. The van der Waals surface area contributed by atoms with Crippen LogP contribution in [0.15, 0.2) is 30.0 Å². The van der Waals surface area contributed by atoms with Crippen molar-refractivity contribution < 1.29 is 19.0 Å². The van der Waals surface area contributed by atoms with E-state index in [9.17, 15) is 10.1 Å². The van der Waals surface area contributed by atoms with Crippen LogP contribution in [-0.4, -0.2) is 43.9 Å². The number of ether oxygens (including phenoxy) is 3. The van der Waals surface area contributed by atoms with Crippen LogP contribution in [0.4, 0.5) is 0 Å². The van der Waals surface area contributed by atoms with Crippen molar-refractivity contribution >= 4 is 5.91 Å². The van der Waals surface area contributed by atoms with Gasteiger partial charge in [0.1, 0.15) is 11.6 Å². The maximum Gasteiger partial charge on any atom is 0.266 e. The van der Waals surface area contributed by atoms with Crippen molar-refractivity contribution in [3.8, 4) is 17.6 Å². The average Bonchev–Trinajstić information content (AvgIpc) is 3.07. The maximum absolute atomic E-state index is 12.2. The second-order valence-electron chi connectivity index (χ2n) is 5.14. The van der Waals surface area contributed by atoms with Gasteiger partial charge in [0.2, 0.25) is 6.79 Å². The molecule has 23 heavy (non-hydrogen) atoms. The third-order valence-corrected chi connectivity index (χ3v) is 3.64. The van der Waals surface area contributed by atoms with Gasteiger partial charge in [-0.3, -0.25) is 4.79 Å². The van der Waals surface area contributed by atoms with Crippen LogP contribution >= 0.6 is 0 Å². The molecule has 1 aromatic carbocycles. The molecule has 1 amide bonds. The van der Waals surface area contributed by atoms with Crippen molar-refractivity contribution in [1.82, 2.24) is 10.2 Å². The number of benzene rings is 1. The highest BCUT2D eigenvalue weighted by atomic mass is 16.7. The molecule has 0 radical (unpaired) electrons. The fraction of sp³-hybridized carbons (Fsp3) is 0.375. The van der Waals surface area contributed by atoms with E-state index in [0.717, 1.165) is 11.3 Å². The molecule has 1 aromatic rings. The molecular formula is C16H17N3O4. The van der Waals surface area contributed by atoms with E-state index in [1.807, 2.05) is 24.3 Å². The van der Waals surface area contributed by atoms with Gasteiger partial charge in [-0.05, 0) is 17.7 Å². The van der Waals surface area contributed by atoms with Crippen LogP contribution in [0.25, 0.3) is 0 Å². The van der Waals surface area contributed by atoms with Gasteiger partial charge in [0.15, 0.2) is 11.5 Å². The number of fused-ring (bicyclic) bond motifs is 1. The number of carbonyl (C=O) groups is 1. The van der Waals surface area contributed by atoms with Gasteiger partial charge in [-0.25, -0.2) is 0 Å². The van der Waals surface area contributed by atoms with Gasteiger partial charge in [0.25, 0.3) is 5.91 Å². The smallest absolute Gasteiger partial charge is 0.266 e. The van der Waals surface area contributed by atoms with Crippen molar-refractivity contribution in [3.05, 3.63) is 35.5 Å². The van der Waals surface area contributed by atoms with E-state index in [4.69, 9.17) is 14.2 Å². The Kier molecular flexibility index (Phi) is 4.64. The third-order valence-electron chi connectivity index (χ3n) is 3.64. The average molecular weight is 315 g/mol. The minimum Gasteiger partial charge on any atom is -0.454 e. The number of rotatable bonds is 4. The van der Waals surface area contributed by atoms with E-state index >= 15 is 0 Å². The zero-order chi connectivity index (χ0) is 16.1. The first-order valence-corrected chi connectivity index (χ1v) is 7.37. The molecule has 0 unspecified atom stereocenters. The van der Waals surface area contributed by atoms with Gasteiger partial charge in [-0.15, -0.1) is 0 Å². The fourth-order valence-corrected chi connectivity index (χ4v) is 2.40. The summed E-state index contributed by atoms with van der Waals surface area (Å²) in [7, 11) is 0. The number of nitrogens with one attached hydrogen (secondary N) is 1. The Balaban J connectivity index is 1.59. The lowest BCUT2D eigenvalue weighted by atomic mass is 10.2. The first-order chi connectivity index (χ1) is 11.3. The Hall–Kier alpha value is -2.72. The van der Waals surface area contributed by atoms with Crippen molar-refractivity contribution in [1.29, 1.82) is 5.26 Å². The molecule has 0 aliphatic carbocycles. The molecule has 3 rings (SSSR count). The van der Waals surface area contributed by atoms with Crippen molar-refractivity contribution in [2.45, 2.75) is 6.54 Å². The summed E-state index contributed by atoms with van der Waals surface area (Å²) in [5.41, 5.74) is 1.06. The Morgan fingerprint density at radius 2 is 2.09 bits per heavy atom. The van der Waals surface area contributed by atoms with Gasteiger partial charge in [-0.1, -0.05) is 6.07 Å². The summed E-state index contributed by atoms with van der Waals surface area (Å²) in [5, 5.41) is 12.2. The summed E-state index contributed by atoms with van der Waals surface area (Å²) < 4.78 is 15.8. The van der Waals surface area contributed by atoms with Crippen LogP contribution < -0.4 is 14.8 Å². The van der Waals surface area contributed by atoms with Crippen LogP contribution in [0.5, 0.6) is 11.5 Å². The number of hydrogen-bond donors (Lipinski definition) is 1. The van der Waals surface area contributed by atoms with E-state index in [2.05, 4.69) is 5.32 Å². The highest BCUT2D eigenvalue weighted by molar-refractivity contribution is 5.97. The Bertz CT molecular complexity index is 660. The number of morpholine rings is 1. The largest absolute Gasteiger partial charge is 0.454 e. The third kappa shape index (κ3) is 3.55. The molecule has 0 spiro atoms. The summed E-state index contributed by atoms with van der Waals surface area (Å²) in [6, 6.07) is 7.57. The second-order valence-corrected chi connectivity index (χ2v) is 5.14. The normalized spacial score (nSPS) is 16.8. The number of hydrogen-bond acceptors (Lipinski definition) is 6. The van der Waals surface area contributed by atoms with Crippen LogP contribution in [0.2, 0.25) is 0 Å². The van der Waals surface area contributed by atoms with Crippen LogP contribution in [0.3, 0.4) is 0 Å². The predicted molar refractivity (Wildman–Crippen MR) is 80.5 cm³/mol. The molecule has 120 valence electrons. The summed E-state index contributed by atoms with van der Waals surface area (Å²) in [6.07, 6.45) is 1.46. The van der Waals surface area contributed by atoms with Crippen molar-refractivity contribution in [2.24, 2.45) is 0 Å².